The molecule has 11 heavy (non-hydrogen) atoms. The van der Waals surface area contributed by atoms with Crippen molar-refractivity contribution in [2.75, 3.05) is 0 Å². The molecule has 1 aliphatic carbocycles. The highest BCUT2D eigenvalue weighted by Gasteiger charge is 2.33. The van der Waals surface area contributed by atoms with Crippen LogP contribution < -0.4 is 0 Å². The Labute approximate surface area is 70.7 Å². The molecular weight excluding hydrogens is 132 g/mol. The molecule has 0 amide bonds. The molecule has 0 bridgehead atoms. The Balaban J connectivity index is 2.27. The molecule has 1 aliphatic rings. The highest BCUT2D eigenvalue weighted by Crippen LogP contribution is 2.47. The molecule has 0 spiro atoms. The van der Waals surface area contributed by atoms with Crippen LogP contribution in [0, 0.1) is 5.41 Å². The number of allylic oxidation sites excluding steroid dienone is 1. The van der Waals surface area contributed by atoms with E-state index in [2.05, 4.69) is 20.4 Å². The Morgan fingerprint density at radius 1 is 1.45 bits per heavy atom. The monoisotopic (exact) mass is 152 g/mol. The summed E-state index contributed by atoms with van der Waals surface area (Å²) in [5.41, 5.74) is 2.09. The highest BCUT2D eigenvalue weighted by molar-refractivity contribution is 4.94. The molecule has 0 aromatic carbocycles. The molecule has 0 heterocycles. The summed E-state index contributed by atoms with van der Waals surface area (Å²) in [6, 6.07) is 0. The van der Waals surface area contributed by atoms with Gasteiger partial charge in [-0.2, -0.15) is 0 Å². The van der Waals surface area contributed by atoms with Crippen LogP contribution in [0.15, 0.2) is 12.2 Å². The van der Waals surface area contributed by atoms with E-state index in [0.717, 1.165) is 5.41 Å². The topological polar surface area (TPSA) is 0 Å². The molecule has 0 atom stereocenters. The molecular formula is C11H20. The van der Waals surface area contributed by atoms with E-state index in [-0.39, 0.29) is 0 Å². The first-order valence-corrected chi connectivity index (χ1v) is 4.83. The SMILES string of the molecule is C=C(C)CCC1(CC)CCC1. The van der Waals surface area contributed by atoms with E-state index in [4.69, 9.17) is 0 Å². The minimum absolute atomic E-state index is 0.735. The van der Waals surface area contributed by atoms with Crippen molar-refractivity contribution >= 4 is 0 Å². The van der Waals surface area contributed by atoms with Crippen LogP contribution in [0.3, 0.4) is 0 Å². The number of hydrogen-bond acceptors (Lipinski definition) is 0. The maximum Gasteiger partial charge on any atom is -0.0297 e. The van der Waals surface area contributed by atoms with Crippen molar-refractivity contribution in [3.8, 4) is 0 Å². The van der Waals surface area contributed by atoms with Crippen molar-refractivity contribution in [1.29, 1.82) is 0 Å². The second kappa shape index (κ2) is 3.42. The lowest BCUT2D eigenvalue weighted by molar-refractivity contribution is 0.114. The van der Waals surface area contributed by atoms with Gasteiger partial charge < -0.3 is 0 Å². The minimum Gasteiger partial charge on any atom is -0.100 e. The van der Waals surface area contributed by atoms with Gasteiger partial charge in [0.15, 0.2) is 0 Å². The predicted molar refractivity (Wildman–Crippen MR) is 50.6 cm³/mol. The lowest BCUT2D eigenvalue weighted by Crippen LogP contribution is -2.28. The summed E-state index contributed by atoms with van der Waals surface area (Å²) < 4.78 is 0. The van der Waals surface area contributed by atoms with E-state index in [1.54, 1.807) is 0 Å². The third kappa shape index (κ3) is 2.08. The number of rotatable bonds is 4. The maximum absolute atomic E-state index is 3.95. The highest BCUT2D eigenvalue weighted by atomic mass is 14.4. The quantitative estimate of drug-likeness (QED) is 0.535. The van der Waals surface area contributed by atoms with Crippen molar-refractivity contribution in [3.05, 3.63) is 12.2 Å². The van der Waals surface area contributed by atoms with E-state index in [0.29, 0.717) is 0 Å². The summed E-state index contributed by atoms with van der Waals surface area (Å²) in [7, 11) is 0. The summed E-state index contributed by atoms with van der Waals surface area (Å²) in [4.78, 5) is 0. The zero-order valence-electron chi connectivity index (χ0n) is 7.95. The zero-order valence-corrected chi connectivity index (χ0v) is 7.95. The Morgan fingerprint density at radius 3 is 2.36 bits per heavy atom. The summed E-state index contributed by atoms with van der Waals surface area (Å²) in [6.45, 7) is 8.42. The molecule has 0 saturated heterocycles. The average Bonchev–Trinajstić information content (AvgIpc) is 1.86. The van der Waals surface area contributed by atoms with Crippen LogP contribution in [0.1, 0.15) is 52.4 Å². The number of hydrogen-bond donors (Lipinski definition) is 0. The largest absolute Gasteiger partial charge is 0.100 e. The fourth-order valence-corrected chi connectivity index (χ4v) is 1.94. The van der Waals surface area contributed by atoms with Crippen LogP contribution in [-0.4, -0.2) is 0 Å². The van der Waals surface area contributed by atoms with Gasteiger partial charge in [0.2, 0.25) is 0 Å². The van der Waals surface area contributed by atoms with Crippen LogP contribution in [0.2, 0.25) is 0 Å². The van der Waals surface area contributed by atoms with Gasteiger partial charge in [0.25, 0.3) is 0 Å². The van der Waals surface area contributed by atoms with Crippen molar-refractivity contribution < 1.29 is 0 Å². The smallest absolute Gasteiger partial charge is 0.0297 e. The van der Waals surface area contributed by atoms with Crippen molar-refractivity contribution in [1.82, 2.24) is 0 Å². The Bertz CT molecular complexity index is 135. The second-order valence-electron chi connectivity index (χ2n) is 4.16. The molecule has 0 aromatic rings. The van der Waals surface area contributed by atoms with Gasteiger partial charge in [0.1, 0.15) is 0 Å². The predicted octanol–water partition coefficient (Wildman–Crippen LogP) is 3.92. The maximum atomic E-state index is 3.95. The molecule has 1 rings (SSSR count). The first-order valence-electron chi connectivity index (χ1n) is 4.83. The molecule has 0 nitrogen and oxygen atoms in total. The van der Waals surface area contributed by atoms with Gasteiger partial charge >= 0.3 is 0 Å². The average molecular weight is 152 g/mol. The van der Waals surface area contributed by atoms with Crippen molar-refractivity contribution in [3.63, 3.8) is 0 Å². The van der Waals surface area contributed by atoms with Crippen LogP contribution in [0.25, 0.3) is 0 Å². The summed E-state index contributed by atoms with van der Waals surface area (Å²) in [5.74, 6) is 0. The molecule has 1 saturated carbocycles. The van der Waals surface area contributed by atoms with Gasteiger partial charge in [0, 0.05) is 0 Å². The molecule has 64 valence electrons. The van der Waals surface area contributed by atoms with Gasteiger partial charge in [-0.15, -0.1) is 6.58 Å². The van der Waals surface area contributed by atoms with Gasteiger partial charge in [-0.3, -0.25) is 0 Å². The minimum atomic E-state index is 0.735. The Morgan fingerprint density at radius 2 is 2.09 bits per heavy atom. The fraction of sp³-hybridized carbons (Fsp3) is 0.818. The molecule has 0 heteroatoms. The van der Waals surface area contributed by atoms with Crippen LogP contribution in [0.5, 0.6) is 0 Å². The zero-order chi connectivity index (χ0) is 8.32. The molecule has 0 aliphatic heterocycles. The van der Waals surface area contributed by atoms with Gasteiger partial charge in [-0.1, -0.05) is 25.3 Å². The van der Waals surface area contributed by atoms with E-state index in [9.17, 15) is 0 Å². The van der Waals surface area contributed by atoms with E-state index in [1.807, 2.05) is 0 Å². The first kappa shape index (κ1) is 8.83. The normalized spacial score (nSPS) is 20.9. The molecule has 0 N–H and O–H groups in total. The molecule has 1 fully saturated rings. The Hall–Kier alpha value is -0.260. The van der Waals surface area contributed by atoms with Crippen molar-refractivity contribution in [2.24, 2.45) is 5.41 Å². The third-order valence-corrected chi connectivity index (χ3v) is 3.25. The standard InChI is InChI=1S/C11H20/c1-4-11(7-5-8-11)9-6-10(2)3/h2,4-9H2,1,3H3. The Kier molecular flexibility index (Phi) is 2.75. The van der Waals surface area contributed by atoms with Crippen molar-refractivity contribution in [2.45, 2.75) is 52.4 Å². The lowest BCUT2D eigenvalue weighted by atomic mass is 9.64. The third-order valence-electron chi connectivity index (χ3n) is 3.25. The summed E-state index contributed by atoms with van der Waals surface area (Å²) >= 11 is 0. The van der Waals surface area contributed by atoms with Crippen LogP contribution >= 0.6 is 0 Å². The van der Waals surface area contributed by atoms with Gasteiger partial charge in [-0.25, -0.2) is 0 Å². The first-order chi connectivity index (χ1) is 5.18. The fourth-order valence-electron chi connectivity index (χ4n) is 1.94. The van der Waals surface area contributed by atoms with Crippen LogP contribution in [0.4, 0.5) is 0 Å². The van der Waals surface area contributed by atoms with Gasteiger partial charge in [0.05, 0.1) is 0 Å². The van der Waals surface area contributed by atoms with E-state index >= 15 is 0 Å². The van der Waals surface area contributed by atoms with Crippen LogP contribution in [-0.2, 0) is 0 Å². The molecule has 0 radical (unpaired) electrons. The molecule has 0 unspecified atom stereocenters. The summed E-state index contributed by atoms with van der Waals surface area (Å²) in [5, 5.41) is 0. The second-order valence-corrected chi connectivity index (χ2v) is 4.16. The lowest BCUT2D eigenvalue weighted by Gasteiger charge is -2.41. The van der Waals surface area contributed by atoms with E-state index < -0.39 is 0 Å². The molecule has 0 aromatic heterocycles. The summed E-state index contributed by atoms with van der Waals surface area (Å²) in [6.07, 6.45) is 8.41. The van der Waals surface area contributed by atoms with E-state index in [1.165, 1.54) is 44.1 Å². The van der Waals surface area contributed by atoms with Gasteiger partial charge in [-0.05, 0) is 38.0 Å².